The number of amides is 1. The summed E-state index contributed by atoms with van der Waals surface area (Å²) in [5.41, 5.74) is 1.74. The molecule has 3 atom stereocenters. The first kappa shape index (κ1) is 27.8. The second kappa shape index (κ2) is 13.0. The lowest BCUT2D eigenvalue weighted by Crippen LogP contribution is -2.42. The first-order valence-corrected chi connectivity index (χ1v) is 13.7. The third-order valence-corrected chi connectivity index (χ3v) is 7.67. The van der Waals surface area contributed by atoms with E-state index in [9.17, 15) is 14.7 Å². The molecular formula is C30H40N2O6. The second-order valence-corrected chi connectivity index (χ2v) is 10.2. The van der Waals surface area contributed by atoms with E-state index in [0.29, 0.717) is 23.8 Å². The standard InChI is InChI=1S/C30H40N2O6/c1-4-6-8-16-31(15-7-5-2)27(33)19-32-18-24(22-11-14-25-26(17-22)38-20-37-25)28(30(34)35)29(32)21-9-12-23(36-3)13-10-21/h9-14,17,24,28-29H,4-8,15-16,18-20H2,1-3H3,(H,34,35)/t24-,28-,29+/m1/s1. The Hall–Kier alpha value is -3.26. The second-order valence-electron chi connectivity index (χ2n) is 10.2. The molecule has 0 spiro atoms. The van der Waals surface area contributed by atoms with E-state index in [2.05, 4.69) is 18.7 Å². The van der Waals surface area contributed by atoms with E-state index in [1.807, 2.05) is 47.4 Å². The van der Waals surface area contributed by atoms with Crippen molar-refractivity contribution >= 4 is 11.9 Å². The number of methoxy groups -OCH3 is 1. The van der Waals surface area contributed by atoms with Crippen LogP contribution in [0.15, 0.2) is 42.5 Å². The normalized spacial score (nSPS) is 20.4. The van der Waals surface area contributed by atoms with Crippen LogP contribution in [-0.4, -0.2) is 66.9 Å². The van der Waals surface area contributed by atoms with Gasteiger partial charge in [-0.15, -0.1) is 0 Å². The van der Waals surface area contributed by atoms with Gasteiger partial charge in [0, 0.05) is 31.6 Å². The number of unbranched alkanes of at least 4 members (excludes halogenated alkanes) is 3. The number of aliphatic carboxylic acids is 1. The highest BCUT2D eigenvalue weighted by molar-refractivity contribution is 5.79. The van der Waals surface area contributed by atoms with Crippen LogP contribution in [0.25, 0.3) is 0 Å². The summed E-state index contributed by atoms with van der Waals surface area (Å²) in [6.07, 6.45) is 5.13. The van der Waals surface area contributed by atoms with Crippen LogP contribution in [0, 0.1) is 5.92 Å². The molecule has 206 valence electrons. The number of carboxylic acid groups (broad SMARTS) is 1. The largest absolute Gasteiger partial charge is 0.497 e. The van der Waals surface area contributed by atoms with Gasteiger partial charge in [-0.1, -0.05) is 51.3 Å². The summed E-state index contributed by atoms with van der Waals surface area (Å²) >= 11 is 0. The lowest BCUT2D eigenvalue weighted by Gasteiger charge is -2.30. The number of benzene rings is 2. The van der Waals surface area contributed by atoms with Crippen molar-refractivity contribution in [1.29, 1.82) is 0 Å². The van der Waals surface area contributed by atoms with Gasteiger partial charge in [0.05, 0.1) is 19.6 Å². The third kappa shape index (κ3) is 6.23. The molecule has 1 N–H and O–H groups in total. The fourth-order valence-electron chi connectivity index (χ4n) is 5.61. The molecule has 8 heteroatoms. The number of carbonyl (C=O) groups excluding carboxylic acids is 1. The van der Waals surface area contributed by atoms with E-state index in [4.69, 9.17) is 14.2 Å². The molecule has 2 aromatic carbocycles. The minimum absolute atomic E-state index is 0.0588. The molecule has 4 rings (SSSR count). The van der Waals surface area contributed by atoms with Crippen molar-refractivity contribution in [3.63, 3.8) is 0 Å². The molecule has 0 saturated carbocycles. The number of rotatable bonds is 13. The Morgan fingerprint density at radius 1 is 0.974 bits per heavy atom. The highest BCUT2D eigenvalue weighted by Gasteiger charge is 2.48. The summed E-state index contributed by atoms with van der Waals surface area (Å²) in [5.74, 6) is 0.125. The zero-order valence-electron chi connectivity index (χ0n) is 22.7. The Morgan fingerprint density at radius 2 is 1.66 bits per heavy atom. The Kier molecular flexibility index (Phi) is 9.50. The van der Waals surface area contributed by atoms with E-state index in [-0.39, 0.29) is 25.2 Å². The molecule has 1 fully saturated rings. The molecule has 0 unspecified atom stereocenters. The van der Waals surface area contributed by atoms with E-state index >= 15 is 0 Å². The van der Waals surface area contributed by atoms with Gasteiger partial charge in [0.2, 0.25) is 12.7 Å². The number of likely N-dealkylation sites (tertiary alicyclic amines) is 1. The lowest BCUT2D eigenvalue weighted by atomic mass is 9.82. The van der Waals surface area contributed by atoms with Gasteiger partial charge >= 0.3 is 5.97 Å². The van der Waals surface area contributed by atoms with Gasteiger partial charge < -0.3 is 24.2 Å². The molecule has 2 heterocycles. The van der Waals surface area contributed by atoms with Crippen LogP contribution in [-0.2, 0) is 9.59 Å². The van der Waals surface area contributed by atoms with Gasteiger partial charge in [0.25, 0.3) is 0 Å². The molecule has 8 nitrogen and oxygen atoms in total. The summed E-state index contributed by atoms with van der Waals surface area (Å²) in [6, 6.07) is 12.7. The molecule has 0 aromatic heterocycles. The number of hydrogen-bond acceptors (Lipinski definition) is 6. The van der Waals surface area contributed by atoms with Gasteiger partial charge in [-0.2, -0.15) is 0 Å². The Morgan fingerprint density at radius 3 is 2.34 bits per heavy atom. The van der Waals surface area contributed by atoms with Crippen molar-refractivity contribution in [2.75, 3.05) is 40.1 Å². The number of ether oxygens (including phenoxy) is 3. The quantitative estimate of drug-likeness (QED) is 0.366. The minimum Gasteiger partial charge on any atom is -0.497 e. The van der Waals surface area contributed by atoms with E-state index in [0.717, 1.165) is 56.3 Å². The number of hydrogen-bond donors (Lipinski definition) is 1. The average molecular weight is 525 g/mol. The van der Waals surface area contributed by atoms with Gasteiger partial charge in [-0.05, 0) is 48.2 Å². The van der Waals surface area contributed by atoms with Crippen molar-refractivity contribution in [2.45, 2.75) is 57.9 Å². The fraction of sp³-hybridized carbons (Fsp3) is 0.533. The van der Waals surface area contributed by atoms with Crippen LogP contribution in [0.3, 0.4) is 0 Å². The van der Waals surface area contributed by atoms with Gasteiger partial charge in [0.1, 0.15) is 5.75 Å². The summed E-state index contributed by atoms with van der Waals surface area (Å²) in [4.78, 5) is 30.5. The van der Waals surface area contributed by atoms with Crippen molar-refractivity contribution in [1.82, 2.24) is 9.80 Å². The Balaban J connectivity index is 1.65. The molecule has 0 radical (unpaired) electrons. The molecule has 1 amide bonds. The summed E-state index contributed by atoms with van der Waals surface area (Å²) in [7, 11) is 1.61. The summed E-state index contributed by atoms with van der Waals surface area (Å²) < 4.78 is 16.4. The number of fused-ring (bicyclic) bond motifs is 1. The molecule has 2 aliphatic heterocycles. The van der Waals surface area contributed by atoms with Crippen LogP contribution < -0.4 is 14.2 Å². The van der Waals surface area contributed by atoms with E-state index in [1.54, 1.807) is 7.11 Å². The SMILES string of the molecule is CCCCCN(CCCC)C(=O)CN1C[C@H](c2ccc3c(c2)OCO3)[C@@H](C(=O)O)[C@@H]1c1ccc(OC)cc1. The van der Waals surface area contributed by atoms with Gasteiger partial charge in [0.15, 0.2) is 11.5 Å². The Labute approximate surface area is 225 Å². The van der Waals surface area contributed by atoms with Crippen LogP contribution in [0.2, 0.25) is 0 Å². The van der Waals surface area contributed by atoms with Gasteiger partial charge in [-0.25, -0.2) is 0 Å². The maximum atomic E-state index is 13.6. The van der Waals surface area contributed by atoms with Crippen molar-refractivity contribution < 1.29 is 28.9 Å². The van der Waals surface area contributed by atoms with Crippen LogP contribution in [0.1, 0.15) is 69.0 Å². The van der Waals surface area contributed by atoms with Crippen molar-refractivity contribution in [3.05, 3.63) is 53.6 Å². The zero-order valence-corrected chi connectivity index (χ0v) is 22.7. The molecule has 1 saturated heterocycles. The zero-order chi connectivity index (χ0) is 27.1. The molecule has 38 heavy (non-hydrogen) atoms. The average Bonchev–Trinajstić information content (AvgIpc) is 3.55. The van der Waals surface area contributed by atoms with E-state index in [1.165, 1.54) is 0 Å². The number of carboxylic acids is 1. The molecular weight excluding hydrogens is 484 g/mol. The van der Waals surface area contributed by atoms with E-state index < -0.39 is 17.9 Å². The fourth-order valence-corrected chi connectivity index (χ4v) is 5.61. The van der Waals surface area contributed by atoms with Crippen LogP contribution in [0.4, 0.5) is 0 Å². The maximum Gasteiger partial charge on any atom is 0.309 e. The summed E-state index contributed by atoms with van der Waals surface area (Å²) in [5, 5.41) is 10.5. The highest BCUT2D eigenvalue weighted by Crippen LogP contribution is 2.47. The van der Waals surface area contributed by atoms with Crippen molar-refractivity contribution in [3.8, 4) is 17.2 Å². The molecule has 2 aliphatic rings. The third-order valence-electron chi connectivity index (χ3n) is 7.67. The molecule has 0 bridgehead atoms. The Bertz CT molecular complexity index is 1090. The molecule has 0 aliphatic carbocycles. The van der Waals surface area contributed by atoms with Crippen LogP contribution in [0.5, 0.6) is 17.2 Å². The first-order chi connectivity index (χ1) is 18.5. The lowest BCUT2D eigenvalue weighted by molar-refractivity contribution is -0.144. The van der Waals surface area contributed by atoms with Gasteiger partial charge in [-0.3, -0.25) is 14.5 Å². The number of carbonyl (C=O) groups is 2. The maximum absolute atomic E-state index is 13.6. The predicted molar refractivity (Wildman–Crippen MR) is 145 cm³/mol. The highest BCUT2D eigenvalue weighted by atomic mass is 16.7. The monoisotopic (exact) mass is 524 g/mol. The van der Waals surface area contributed by atoms with Crippen LogP contribution >= 0.6 is 0 Å². The topological polar surface area (TPSA) is 88.5 Å². The first-order valence-electron chi connectivity index (χ1n) is 13.7. The smallest absolute Gasteiger partial charge is 0.309 e. The van der Waals surface area contributed by atoms with Crippen molar-refractivity contribution in [2.24, 2.45) is 5.92 Å². The predicted octanol–water partition coefficient (Wildman–Crippen LogP) is 5.08. The molecule has 2 aromatic rings. The minimum atomic E-state index is -0.880. The summed E-state index contributed by atoms with van der Waals surface area (Å²) in [6.45, 7) is 6.54. The number of nitrogens with zero attached hydrogens (tertiary/aromatic N) is 2.